The second-order valence-corrected chi connectivity index (χ2v) is 4.93. The van der Waals surface area contributed by atoms with Crippen LogP contribution in [0.2, 0.25) is 0 Å². The van der Waals surface area contributed by atoms with Gasteiger partial charge in [-0.1, -0.05) is 13.3 Å². The third-order valence-electron chi connectivity index (χ3n) is 2.15. The fourth-order valence-electron chi connectivity index (χ4n) is 1.24. The number of rotatable bonds is 5. The highest BCUT2D eigenvalue weighted by Gasteiger charge is 2.10. The Bertz CT molecular complexity index is 286. The van der Waals surface area contributed by atoms with Crippen LogP contribution in [0.4, 0.5) is 0 Å². The molecule has 0 saturated carbocycles. The molecule has 15 heavy (non-hydrogen) atoms. The molecule has 3 heteroatoms. The van der Waals surface area contributed by atoms with Gasteiger partial charge in [-0.2, -0.15) is 0 Å². The first-order chi connectivity index (χ1) is 7.01. The van der Waals surface area contributed by atoms with Gasteiger partial charge >= 0.3 is 0 Å². The number of hydrogen-bond donors (Lipinski definition) is 1. The first-order valence-corrected chi connectivity index (χ1v) is 5.70. The van der Waals surface area contributed by atoms with Crippen LogP contribution in [0.25, 0.3) is 0 Å². The number of oxazole rings is 1. The van der Waals surface area contributed by atoms with Crippen LogP contribution < -0.4 is 5.32 Å². The average Bonchev–Trinajstić information content (AvgIpc) is 2.58. The predicted octanol–water partition coefficient (Wildman–Crippen LogP) is 2.91. The minimum Gasteiger partial charge on any atom is -0.444 e. The zero-order chi connectivity index (χ0) is 11.3. The van der Waals surface area contributed by atoms with Crippen LogP contribution in [0, 0.1) is 0 Å². The molecule has 0 aromatic carbocycles. The Balaban J connectivity index is 2.39. The van der Waals surface area contributed by atoms with Gasteiger partial charge in [0.1, 0.15) is 5.76 Å². The standard InChI is InChI=1S/C12H22N2O/c1-5-6-7-10-8-13-11(15-10)9-14-12(2,3)4/h8,14H,5-7,9H2,1-4H3. The number of aromatic nitrogens is 1. The van der Waals surface area contributed by atoms with Crippen molar-refractivity contribution in [3.63, 3.8) is 0 Å². The fourth-order valence-corrected chi connectivity index (χ4v) is 1.24. The topological polar surface area (TPSA) is 38.1 Å². The Morgan fingerprint density at radius 3 is 2.73 bits per heavy atom. The normalized spacial score (nSPS) is 12.0. The van der Waals surface area contributed by atoms with Crippen LogP contribution in [0.3, 0.4) is 0 Å². The van der Waals surface area contributed by atoms with Gasteiger partial charge in [0.15, 0.2) is 0 Å². The van der Waals surface area contributed by atoms with Gasteiger partial charge in [0.25, 0.3) is 0 Å². The highest BCUT2D eigenvalue weighted by Crippen LogP contribution is 2.08. The van der Waals surface area contributed by atoms with Crippen molar-refractivity contribution in [2.24, 2.45) is 0 Å². The maximum absolute atomic E-state index is 5.61. The first kappa shape index (κ1) is 12.2. The van der Waals surface area contributed by atoms with E-state index >= 15 is 0 Å². The predicted molar refractivity (Wildman–Crippen MR) is 61.7 cm³/mol. The fraction of sp³-hybridized carbons (Fsp3) is 0.750. The molecular weight excluding hydrogens is 188 g/mol. The van der Waals surface area contributed by atoms with E-state index in [0.29, 0.717) is 6.54 Å². The summed E-state index contributed by atoms with van der Waals surface area (Å²) in [5.41, 5.74) is 0.109. The molecule has 3 nitrogen and oxygen atoms in total. The lowest BCUT2D eigenvalue weighted by Gasteiger charge is -2.18. The van der Waals surface area contributed by atoms with Gasteiger partial charge < -0.3 is 9.73 Å². The van der Waals surface area contributed by atoms with Crippen LogP contribution in [0.5, 0.6) is 0 Å². The van der Waals surface area contributed by atoms with Gasteiger partial charge in [-0.05, 0) is 27.2 Å². The molecule has 0 unspecified atom stereocenters. The molecule has 0 aliphatic carbocycles. The summed E-state index contributed by atoms with van der Waals surface area (Å²) >= 11 is 0. The molecule has 0 amide bonds. The molecule has 86 valence electrons. The Kier molecular flexibility index (Phi) is 4.33. The van der Waals surface area contributed by atoms with Crippen molar-refractivity contribution in [2.75, 3.05) is 0 Å². The quantitative estimate of drug-likeness (QED) is 0.812. The van der Waals surface area contributed by atoms with Crippen molar-refractivity contribution >= 4 is 0 Å². The SMILES string of the molecule is CCCCc1cnc(CNC(C)(C)C)o1. The largest absolute Gasteiger partial charge is 0.444 e. The lowest BCUT2D eigenvalue weighted by molar-refractivity contribution is 0.370. The molecule has 0 aliphatic heterocycles. The highest BCUT2D eigenvalue weighted by molar-refractivity contribution is 4.94. The van der Waals surface area contributed by atoms with Crippen molar-refractivity contribution in [3.8, 4) is 0 Å². The number of aryl methyl sites for hydroxylation is 1. The summed E-state index contributed by atoms with van der Waals surface area (Å²) in [6, 6.07) is 0. The van der Waals surface area contributed by atoms with Gasteiger partial charge in [-0.15, -0.1) is 0 Å². The molecular formula is C12H22N2O. The molecule has 1 aromatic rings. The molecule has 0 bridgehead atoms. The number of unbranched alkanes of at least 4 members (excludes halogenated alkanes) is 1. The average molecular weight is 210 g/mol. The third-order valence-corrected chi connectivity index (χ3v) is 2.15. The molecule has 0 spiro atoms. The van der Waals surface area contributed by atoms with Crippen molar-refractivity contribution in [2.45, 2.75) is 59.0 Å². The molecule has 0 saturated heterocycles. The van der Waals surface area contributed by atoms with E-state index in [4.69, 9.17) is 4.42 Å². The second kappa shape index (κ2) is 5.31. The van der Waals surface area contributed by atoms with Crippen molar-refractivity contribution < 1.29 is 4.42 Å². The molecule has 0 atom stereocenters. The molecule has 0 radical (unpaired) electrons. The maximum atomic E-state index is 5.61. The molecule has 1 N–H and O–H groups in total. The number of nitrogens with one attached hydrogen (secondary N) is 1. The molecule has 1 heterocycles. The highest BCUT2D eigenvalue weighted by atomic mass is 16.4. The van der Waals surface area contributed by atoms with Crippen molar-refractivity contribution in [3.05, 3.63) is 17.8 Å². The molecule has 0 fully saturated rings. The third kappa shape index (κ3) is 4.98. The summed E-state index contributed by atoms with van der Waals surface area (Å²) in [5.74, 6) is 1.79. The molecule has 1 rings (SSSR count). The monoisotopic (exact) mass is 210 g/mol. The Morgan fingerprint density at radius 1 is 1.40 bits per heavy atom. The van der Waals surface area contributed by atoms with Crippen LogP contribution in [-0.2, 0) is 13.0 Å². The van der Waals surface area contributed by atoms with E-state index in [1.54, 1.807) is 0 Å². The van der Waals surface area contributed by atoms with E-state index in [2.05, 4.69) is 38.0 Å². The lowest BCUT2D eigenvalue weighted by Crippen LogP contribution is -2.35. The van der Waals surface area contributed by atoms with Crippen LogP contribution in [-0.4, -0.2) is 10.5 Å². The Morgan fingerprint density at radius 2 is 2.13 bits per heavy atom. The second-order valence-electron chi connectivity index (χ2n) is 4.93. The maximum Gasteiger partial charge on any atom is 0.208 e. The minimum absolute atomic E-state index is 0.109. The zero-order valence-electron chi connectivity index (χ0n) is 10.3. The Labute approximate surface area is 92.3 Å². The summed E-state index contributed by atoms with van der Waals surface area (Å²) < 4.78 is 5.61. The molecule has 1 aromatic heterocycles. The van der Waals surface area contributed by atoms with Gasteiger partial charge in [-0.25, -0.2) is 4.98 Å². The van der Waals surface area contributed by atoms with Gasteiger partial charge in [0.05, 0.1) is 12.7 Å². The number of hydrogen-bond acceptors (Lipinski definition) is 3. The summed E-state index contributed by atoms with van der Waals surface area (Å²) in [5, 5.41) is 3.35. The zero-order valence-corrected chi connectivity index (χ0v) is 10.3. The first-order valence-electron chi connectivity index (χ1n) is 5.70. The van der Waals surface area contributed by atoms with Crippen molar-refractivity contribution in [1.29, 1.82) is 0 Å². The van der Waals surface area contributed by atoms with Crippen molar-refractivity contribution in [1.82, 2.24) is 10.3 Å². The summed E-state index contributed by atoms with van der Waals surface area (Å²) in [6.07, 6.45) is 5.20. The smallest absolute Gasteiger partial charge is 0.208 e. The molecule has 0 aliphatic rings. The van der Waals surface area contributed by atoms with Gasteiger partial charge in [0, 0.05) is 12.0 Å². The lowest BCUT2D eigenvalue weighted by atomic mass is 10.1. The summed E-state index contributed by atoms with van der Waals surface area (Å²) in [4.78, 5) is 4.24. The van der Waals surface area contributed by atoms with E-state index in [1.807, 2.05) is 6.20 Å². The van der Waals surface area contributed by atoms with Crippen LogP contribution in [0.1, 0.15) is 52.2 Å². The van der Waals surface area contributed by atoms with E-state index < -0.39 is 0 Å². The van der Waals surface area contributed by atoms with E-state index in [9.17, 15) is 0 Å². The summed E-state index contributed by atoms with van der Waals surface area (Å²) in [7, 11) is 0. The van der Waals surface area contributed by atoms with Crippen LogP contribution in [0.15, 0.2) is 10.6 Å². The van der Waals surface area contributed by atoms with Gasteiger partial charge in [-0.3, -0.25) is 0 Å². The van der Waals surface area contributed by atoms with Gasteiger partial charge in [0.2, 0.25) is 5.89 Å². The number of nitrogens with zero attached hydrogens (tertiary/aromatic N) is 1. The van der Waals surface area contributed by atoms with Crippen LogP contribution >= 0.6 is 0 Å². The summed E-state index contributed by atoms with van der Waals surface area (Å²) in [6.45, 7) is 9.28. The Hall–Kier alpha value is -0.830. The minimum atomic E-state index is 0.109. The van der Waals surface area contributed by atoms with E-state index in [0.717, 1.165) is 18.1 Å². The van der Waals surface area contributed by atoms with E-state index in [1.165, 1.54) is 12.8 Å². The van der Waals surface area contributed by atoms with E-state index in [-0.39, 0.29) is 5.54 Å².